The first-order chi connectivity index (χ1) is 13.9. The van der Waals surface area contributed by atoms with Crippen molar-refractivity contribution < 1.29 is 19.1 Å². The predicted molar refractivity (Wildman–Crippen MR) is 118 cm³/mol. The Morgan fingerprint density at radius 3 is 2.07 bits per heavy atom. The predicted octanol–water partition coefficient (Wildman–Crippen LogP) is 3.47. The number of ether oxygens (including phenoxy) is 1. The molecule has 2 aromatic carbocycles. The fourth-order valence-electron chi connectivity index (χ4n) is 4.16. The van der Waals surface area contributed by atoms with Crippen LogP contribution >= 0.6 is 0 Å². The highest BCUT2D eigenvalue weighted by Gasteiger charge is 2.50. The Morgan fingerprint density at radius 2 is 1.66 bits per heavy atom. The Kier molecular flexibility index (Phi) is 6.73. The number of rotatable bonds is 7. The highest BCUT2D eigenvalue weighted by atomic mass is 28.4. The van der Waals surface area contributed by atoms with Crippen molar-refractivity contribution in [1.29, 1.82) is 0 Å². The lowest BCUT2D eigenvalue weighted by molar-refractivity contribution is -0.145. The number of carbonyl (C=O) groups is 1. The fourth-order valence-corrected chi connectivity index (χ4v) is 8.75. The Bertz CT molecular complexity index is 787. The Morgan fingerprint density at radius 1 is 1.10 bits per heavy atom. The van der Waals surface area contributed by atoms with Crippen LogP contribution in [-0.4, -0.2) is 39.2 Å². The van der Waals surface area contributed by atoms with Crippen molar-refractivity contribution >= 4 is 24.7 Å². The summed E-state index contributed by atoms with van der Waals surface area (Å²) in [5.74, 6) is -1.67. The minimum absolute atomic E-state index is 0.154. The van der Waals surface area contributed by atoms with Crippen LogP contribution in [0, 0.1) is 11.8 Å². The highest BCUT2D eigenvalue weighted by Crippen LogP contribution is 2.37. The van der Waals surface area contributed by atoms with Gasteiger partial charge < -0.3 is 14.3 Å². The number of hydrogen-bond donors (Lipinski definition) is 1. The molecule has 0 radical (unpaired) electrons. The maximum Gasteiger partial charge on any atom is 0.309 e. The van der Waals surface area contributed by atoms with Crippen LogP contribution in [0.2, 0.25) is 5.04 Å². The average molecular weight is 411 g/mol. The second kappa shape index (κ2) is 9.07. The molecule has 3 rings (SSSR count). The van der Waals surface area contributed by atoms with Crippen LogP contribution in [0.15, 0.2) is 72.8 Å². The summed E-state index contributed by atoms with van der Waals surface area (Å²) in [7, 11) is -2.75. The van der Waals surface area contributed by atoms with E-state index in [2.05, 4.69) is 45.0 Å². The third kappa shape index (κ3) is 4.52. The number of benzene rings is 2. The molecule has 0 saturated heterocycles. The Balaban J connectivity index is 2.04. The van der Waals surface area contributed by atoms with Crippen LogP contribution < -0.4 is 10.4 Å². The quantitative estimate of drug-likeness (QED) is 0.561. The van der Waals surface area contributed by atoms with Gasteiger partial charge in [-0.3, -0.25) is 4.79 Å². The van der Waals surface area contributed by atoms with E-state index in [-0.39, 0.29) is 17.6 Å². The van der Waals surface area contributed by atoms with Gasteiger partial charge in [-0.1, -0.05) is 93.6 Å². The van der Waals surface area contributed by atoms with Gasteiger partial charge in [-0.25, -0.2) is 0 Å². The monoisotopic (exact) mass is 410 g/mol. The molecule has 1 N–H and O–H groups in total. The zero-order valence-electron chi connectivity index (χ0n) is 17.4. The molecule has 2 atom stereocenters. The molecule has 0 bridgehead atoms. The molecule has 0 unspecified atom stereocenters. The Hall–Kier alpha value is -2.21. The van der Waals surface area contributed by atoms with Crippen molar-refractivity contribution in [3.05, 3.63) is 72.8 Å². The van der Waals surface area contributed by atoms with E-state index in [4.69, 9.17) is 9.16 Å². The van der Waals surface area contributed by atoms with Crippen molar-refractivity contribution in [1.82, 2.24) is 0 Å². The van der Waals surface area contributed by atoms with Gasteiger partial charge in [0, 0.05) is 12.5 Å². The topological polar surface area (TPSA) is 55.8 Å². The normalized spacial score (nSPS) is 18.4. The van der Waals surface area contributed by atoms with Crippen LogP contribution in [0.5, 0.6) is 0 Å². The SMILES string of the molecule is CC(C)(C)[Si](OC[C@H](C(=O)O)[C@@H]1C=CCOC1)(c1ccccc1)c1ccccc1. The van der Waals surface area contributed by atoms with E-state index < -0.39 is 20.2 Å². The van der Waals surface area contributed by atoms with Gasteiger partial charge in [0.25, 0.3) is 8.32 Å². The van der Waals surface area contributed by atoms with Gasteiger partial charge in [-0.2, -0.15) is 0 Å². The van der Waals surface area contributed by atoms with Crippen molar-refractivity contribution in [2.45, 2.75) is 25.8 Å². The number of aliphatic carboxylic acids is 1. The van der Waals surface area contributed by atoms with E-state index in [0.29, 0.717) is 13.2 Å². The molecule has 0 fully saturated rings. The van der Waals surface area contributed by atoms with E-state index in [1.165, 1.54) is 0 Å². The van der Waals surface area contributed by atoms with Gasteiger partial charge in [0.2, 0.25) is 0 Å². The molecular formula is C24H30O4Si. The van der Waals surface area contributed by atoms with Gasteiger partial charge in [0.1, 0.15) is 0 Å². The zero-order valence-corrected chi connectivity index (χ0v) is 18.4. The maximum atomic E-state index is 12.1. The first-order valence-electron chi connectivity index (χ1n) is 10.1. The van der Waals surface area contributed by atoms with E-state index in [1.54, 1.807) is 0 Å². The molecule has 0 spiro atoms. The lowest BCUT2D eigenvalue weighted by Crippen LogP contribution is -2.67. The van der Waals surface area contributed by atoms with E-state index in [9.17, 15) is 9.90 Å². The summed E-state index contributed by atoms with van der Waals surface area (Å²) < 4.78 is 12.3. The second-order valence-electron chi connectivity index (χ2n) is 8.55. The summed E-state index contributed by atoms with van der Waals surface area (Å²) in [4.78, 5) is 12.1. The molecular weight excluding hydrogens is 380 g/mol. The third-order valence-electron chi connectivity index (χ3n) is 5.64. The van der Waals surface area contributed by atoms with E-state index in [1.807, 2.05) is 48.6 Å². The van der Waals surface area contributed by atoms with Crippen molar-refractivity contribution in [2.75, 3.05) is 19.8 Å². The number of carboxylic acid groups (broad SMARTS) is 1. The van der Waals surface area contributed by atoms with Gasteiger partial charge in [-0.15, -0.1) is 0 Å². The molecule has 1 heterocycles. The first-order valence-corrected chi connectivity index (χ1v) is 12.0. The molecule has 4 nitrogen and oxygen atoms in total. The lowest BCUT2D eigenvalue weighted by atomic mass is 9.92. The standard InChI is InChI=1S/C24H30O4Si/c1-24(2,3)29(20-12-6-4-7-13-20,21-14-8-5-9-15-21)28-18-22(23(25)26)19-11-10-16-27-17-19/h4-15,19,22H,16-18H2,1-3H3,(H,25,26)/t19-,22+/m1/s1. The average Bonchev–Trinajstić information content (AvgIpc) is 2.72. The summed E-state index contributed by atoms with van der Waals surface area (Å²) in [6.07, 6.45) is 3.85. The zero-order chi connectivity index (χ0) is 20.9. The molecule has 0 saturated carbocycles. The van der Waals surface area contributed by atoms with Gasteiger partial charge in [0.05, 0.1) is 19.1 Å². The molecule has 1 aliphatic heterocycles. The van der Waals surface area contributed by atoms with Gasteiger partial charge in [-0.05, 0) is 15.4 Å². The molecule has 5 heteroatoms. The van der Waals surface area contributed by atoms with Crippen LogP contribution in [0.3, 0.4) is 0 Å². The van der Waals surface area contributed by atoms with E-state index >= 15 is 0 Å². The smallest absolute Gasteiger partial charge is 0.309 e. The minimum atomic E-state index is -2.75. The first kappa shape index (κ1) is 21.5. The van der Waals surface area contributed by atoms with Crippen LogP contribution in [-0.2, 0) is 14.0 Å². The van der Waals surface area contributed by atoms with Crippen LogP contribution in [0.25, 0.3) is 0 Å². The largest absolute Gasteiger partial charge is 0.481 e. The van der Waals surface area contributed by atoms with Gasteiger partial charge >= 0.3 is 5.97 Å². The summed E-state index contributed by atoms with van der Waals surface area (Å²) in [5, 5.41) is 12.0. The minimum Gasteiger partial charge on any atom is -0.481 e. The van der Waals surface area contributed by atoms with E-state index in [0.717, 1.165) is 10.4 Å². The molecule has 154 valence electrons. The summed E-state index contributed by atoms with van der Waals surface area (Å²) in [5.41, 5.74) is 0. The summed E-state index contributed by atoms with van der Waals surface area (Å²) in [6, 6.07) is 20.6. The summed E-state index contributed by atoms with van der Waals surface area (Å²) in [6.45, 7) is 7.69. The van der Waals surface area contributed by atoms with Crippen LogP contribution in [0.1, 0.15) is 20.8 Å². The molecule has 0 aliphatic carbocycles. The Labute approximate surface area is 174 Å². The molecule has 0 aromatic heterocycles. The highest BCUT2D eigenvalue weighted by molar-refractivity contribution is 6.99. The van der Waals surface area contributed by atoms with Crippen molar-refractivity contribution in [3.8, 4) is 0 Å². The van der Waals surface area contributed by atoms with Crippen LogP contribution in [0.4, 0.5) is 0 Å². The third-order valence-corrected chi connectivity index (χ3v) is 10.6. The molecule has 1 aliphatic rings. The molecule has 2 aromatic rings. The molecule has 0 amide bonds. The lowest BCUT2D eigenvalue weighted by Gasteiger charge is -2.43. The second-order valence-corrected chi connectivity index (χ2v) is 12.9. The maximum absolute atomic E-state index is 12.1. The number of carboxylic acids is 1. The molecule has 29 heavy (non-hydrogen) atoms. The summed E-state index contributed by atoms with van der Waals surface area (Å²) >= 11 is 0. The fraction of sp³-hybridized carbons (Fsp3) is 0.375. The van der Waals surface area contributed by atoms with Crippen molar-refractivity contribution in [2.24, 2.45) is 11.8 Å². The van der Waals surface area contributed by atoms with Crippen molar-refractivity contribution in [3.63, 3.8) is 0 Å². The van der Waals surface area contributed by atoms with Gasteiger partial charge in [0.15, 0.2) is 0 Å². The number of hydrogen-bond acceptors (Lipinski definition) is 3.